The number of hydrogen-bond acceptors (Lipinski definition) is 13. The van der Waals surface area contributed by atoms with Gasteiger partial charge >= 0.3 is 5.97 Å². The Hall–Kier alpha value is -0.246. The molecule has 0 aliphatic heterocycles. The van der Waals surface area contributed by atoms with E-state index in [9.17, 15) is 19.2 Å². The third-order valence-electron chi connectivity index (χ3n) is 5.00. The molecule has 0 saturated heterocycles. The Kier molecular flexibility index (Phi) is 60.1. The minimum atomic E-state index is -1.14. The second-order valence-electron chi connectivity index (χ2n) is 8.81. The Balaban J connectivity index is -0.000000307. The van der Waals surface area contributed by atoms with Crippen LogP contribution < -0.4 is 5.32 Å². The number of aliphatic hydroxyl groups is 1. The van der Waals surface area contributed by atoms with Gasteiger partial charge in [0.05, 0.1) is 65.9 Å². The summed E-state index contributed by atoms with van der Waals surface area (Å²) in [6.45, 7) is 7.71. The number of halogens is 1. The van der Waals surface area contributed by atoms with Crippen molar-refractivity contribution in [1.82, 2.24) is 5.32 Å². The third-order valence-corrected chi connectivity index (χ3v) is 9.58. The standard InChI is InChI=1S/C20H35N2O10.C7H8O2.C2H6.CH4IPS.CH4O.Y/c21-5-12-29-14-13-28-10-3-18(25)22-20(15-30-8-1-6-23,16-31-9-2-7-24)17-32-11-4-19(26)27;8-9-6-7-4-2-1-3-5-7;1-2;1-3-4-2;1-2;/h6-7,21H,1-5,8-17H2,(H,22,25)(H,26,27);1-5,8H,6H2;1-2H3;3H,1H3;2H,1H3;/q-1;;;;;. The molecule has 50 heavy (non-hydrogen) atoms. The van der Waals surface area contributed by atoms with Gasteiger partial charge in [-0.2, -0.15) is 0 Å². The summed E-state index contributed by atoms with van der Waals surface area (Å²) in [7, 11) is 3.90. The number of aliphatic hydroxyl groups excluding tert-OH is 1. The zero-order valence-corrected chi connectivity index (χ0v) is 36.5. The van der Waals surface area contributed by atoms with E-state index < -0.39 is 11.5 Å². The van der Waals surface area contributed by atoms with Gasteiger partial charge in [-0.15, -0.1) is 6.54 Å². The van der Waals surface area contributed by atoms with Gasteiger partial charge in [0.25, 0.3) is 0 Å². The van der Waals surface area contributed by atoms with Crippen molar-refractivity contribution in [2.24, 2.45) is 0 Å². The molecule has 1 aromatic carbocycles. The van der Waals surface area contributed by atoms with Crippen molar-refractivity contribution in [3.05, 3.63) is 41.6 Å². The van der Waals surface area contributed by atoms with E-state index in [1.165, 1.54) is 0 Å². The van der Waals surface area contributed by atoms with E-state index in [1.54, 1.807) is 0 Å². The molecule has 0 bridgehead atoms. The van der Waals surface area contributed by atoms with Gasteiger partial charge < -0.3 is 54.5 Å². The maximum Gasteiger partial charge on any atom is 0.305 e. The van der Waals surface area contributed by atoms with Crippen molar-refractivity contribution in [2.45, 2.75) is 51.7 Å². The summed E-state index contributed by atoms with van der Waals surface area (Å²) in [5.41, 5.74) is 6.80. The Morgan fingerprint density at radius 1 is 0.860 bits per heavy atom. The summed E-state index contributed by atoms with van der Waals surface area (Å²) < 4.78 is 26.9. The van der Waals surface area contributed by atoms with Crippen LogP contribution >= 0.6 is 37.5 Å². The number of carboxylic acid groups (broad SMARTS) is 1. The van der Waals surface area contributed by atoms with Gasteiger partial charge in [-0.25, -0.2) is 4.89 Å². The van der Waals surface area contributed by atoms with Crippen molar-refractivity contribution >= 4 is 62.0 Å². The average Bonchev–Trinajstić information content (AvgIpc) is 3.13. The molecule has 1 unspecified atom stereocenters. The molecule has 0 aromatic heterocycles. The first-order valence-corrected chi connectivity index (χ1v) is 21.1. The van der Waals surface area contributed by atoms with Crippen LogP contribution in [0.25, 0.3) is 5.73 Å². The maximum absolute atomic E-state index is 12.5. The number of carbonyl (C=O) groups excluding carboxylic acids is 3. The molecule has 1 atom stereocenters. The molecule has 1 amide bonds. The van der Waals surface area contributed by atoms with Crippen molar-refractivity contribution < 1.29 is 95.9 Å². The first kappa shape index (κ1) is 59.0. The Morgan fingerprint density at radius 3 is 1.74 bits per heavy atom. The molecule has 0 spiro atoms. The Morgan fingerprint density at radius 2 is 1.32 bits per heavy atom. The van der Waals surface area contributed by atoms with Crippen molar-refractivity contribution in [3.8, 4) is 0 Å². The summed E-state index contributed by atoms with van der Waals surface area (Å²) >= 11 is 2.28. The summed E-state index contributed by atoms with van der Waals surface area (Å²) in [5.74, 6) is -1.38. The van der Waals surface area contributed by atoms with E-state index in [4.69, 9.17) is 44.9 Å². The summed E-state index contributed by atoms with van der Waals surface area (Å²) in [5, 5.41) is 26.6. The minimum Gasteiger partial charge on any atom is -0.676 e. The van der Waals surface area contributed by atoms with Gasteiger partial charge in [0.1, 0.15) is 24.7 Å². The number of carboxylic acids is 1. The average molecular weight is 945 g/mol. The van der Waals surface area contributed by atoms with E-state index in [1.807, 2.05) is 52.7 Å². The Bertz CT molecular complexity index is 842. The van der Waals surface area contributed by atoms with Crippen LogP contribution in [0.1, 0.15) is 45.1 Å². The number of aldehydes is 2. The predicted octanol–water partition coefficient (Wildman–Crippen LogP) is 4.62. The summed E-state index contributed by atoms with van der Waals surface area (Å²) in [6, 6.07) is 9.48. The largest absolute Gasteiger partial charge is 0.676 e. The second kappa shape index (κ2) is 50.9. The van der Waals surface area contributed by atoms with Gasteiger partial charge in [-0.3, -0.25) is 14.8 Å². The molecular weight excluding hydrogens is 887 g/mol. The molecular formula is C31H57IN2O13PSY-. The number of hydrogen-bond donors (Lipinski definition) is 4. The van der Waals surface area contributed by atoms with Crippen molar-refractivity contribution in [1.29, 1.82) is 0 Å². The molecule has 0 saturated carbocycles. The van der Waals surface area contributed by atoms with E-state index in [2.05, 4.69) is 38.1 Å². The fourth-order valence-corrected chi connectivity index (χ4v) is 3.02. The van der Waals surface area contributed by atoms with Crippen LogP contribution in [-0.4, -0.2) is 132 Å². The van der Waals surface area contributed by atoms with E-state index in [-0.39, 0.29) is 124 Å². The van der Waals surface area contributed by atoms with Crippen LogP contribution in [0.5, 0.6) is 0 Å². The molecule has 0 aliphatic rings. The maximum atomic E-state index is 12.5. The molecule has 19 heteroatoms. The van der Waals surface area contributed by atoms with Gasteiger partial charge in [0, 0.05) is 86.9 Å². The molecule has 15 nitrogen and oxygen atoms in total. The number of benzene rings is 1. The van der Waals surface area contributed by atoms with Gasteiger partial charge in [-0.05, 0) is 12.2 Å². The molecule has 0 aliphatic carbocycles. The molecule has 1 aromatic rings. The zero-order chi connectivity index (χ0) is 37.9. The van der Waals surface area contributed by atoms with E-state index in [0.717, 1.165) is 20.5 Å². The van der Waals surface area contributed by atoms with Crippen molar-refractivity contribution in [3.63, 3.8) is 0 Å². The van der Waals surface area contributed by atoms with Crippen LogP contribution in [0, 0.1) is 0 Å². The number of rotatable bonds is 27. The second-order valence-corrected chi connectivity index (χ2v) is 15.0. The van der Waals surface area contributed by atoms with Crippen LogP contribution in [-0.2, 0) is 87.1 Å². The van der Waals surface area contributed by atoms with Crippen LogP contribution in [0.4, 0.5) is 0 Å². The topological polar surface area (TPSA) is 220 Å². The van der Waals surface area contributed by atoms with Crippen LogP contribution in [0.15, 0.2) is 30.3 Å². The molecule has 0 fully saturated rings. The number of carbonyl (C=O) groups is 4. The molecule has 5 N–H and O–H groups in total. The van der Waals surface area contributed by atoms with Crippen LogP contribution in [0.2, 0.25) is 0 Å². The van der Waals surface area contributed by atoms with Crippen molar-refractivity contribution in [2.75, 3.05) is 86.4 Å². The monoisotopic (exact) mass is 944 g/mol. The summed E-state index contributed by atoms with van der Waals surface area (Å²) in [6.07, 6.45) is 1.58. The third kappa shape index (κ3) is 45.8. The van der Waals surface area contributed by atoms with Gasteiger partial charge in [-0.1, -0.05) is 60.5 Å². The van der Waals surface area contributed by atoms with Crippen LogP contribution in [0.3, 0.4) is 0 Å². The molecule has 1 radical (unpaired) electrons. The molecule has 291 valence electrons. The van der Waals surface area contributed by atoms with Gasteiger partial charge in [0.15, 0.2) is 0 Å². The number of nitrogens with one attached hydrogen (secondary N) is 2. The fourth-order valence-electron chi connectivity index (χ4n) is 3.02. The minimum absolute atomic E-state index is 0. The number of ether oxygens (including phenoxy) is 5. The van der Waals surface area contributed by atoms with E-state index in [0.29, 0.717) is 32.4 Å². The quantitative estimate of drug-likeness (QED) is 0.0236. The zero-order valence-electron chi connectivity index (χ0n) is 29.6. The first-order valence-electron chi connectivity index (χ1n) is 15.5. The smallest absolute Gasteiger partial charge is 0.305 e. The summed E-state index contributed by atoms with van der Waals surface area (Å²) in [4.78, 5) is 48.2. The predicted molar refractivity (Wildman–Crippen MR) is 202 cm³/mol. The molecule has 0 heterocycles. The normalized spacial score (nSPS) is 10.0. The Labute approximate surface area is 340 Å². The van der Waals surface area contributed by atoms with Gasteiger partial charge in [0.2, 0.25) is 5.91 Å². The first-order chi connectivity index (χ1) is 23.8. The van der Waals surface area contributed by atoms with E-state index >= 15 is 0 Å². The fraction of sp³-hybridized carbons (Fsp3) is 0.677. The number of aliphatic carboxylic acids is 1. The molecule has 1 rings (SSSR count). The SMILES string of the molecule is CC.CO.CPSI.OOCc1ccccc1.[NH-]CCOCCOCCC(=O)NC(COCCC=O)(COCCC=O)COCCC(=O)O.[Y]. The number of amides is 1.